The number of nitrogens with zero attached hydrogens (tertiary/aromatic N) is 1. The summed E-state index contributed by atoms with van der Waals surface area (Å²) >= 11 is 5.07. The quantitative estimate of drug-likeness (QED) is 0.429. The fourth-order valence-electron chi connectivity index (χ4n) is 2.84. The molecule has 174 valence electrons. The van der Waals surface area contributed by atoms with Gasteiger partial charge in [0, 0.05) is 18.4 Å². The number of alkyl halides is 6. The summed E-state index contributed by atoms with van der Waals surface area (Å²) < 4.78 is 78.3. The van der Waals surface area contributed by atoms with Crippen LogP contribution < -0.4 is 15.5 Å². The molecule has 0 saturated carbocycles. The zero-order valence-corrected chi connectivity index (χ0v) is 18.1. The third-order valence-electron chi connectivity index (χ3n) is 4.54. The van der Waals surface area contributed by atoms with Crippen LogP contribution in [0.15, 0.2) is 48.5 Å². The van der Waals surface area contributed by atoms with Gasteiger partial charge in [-0.15, -0.1) is 0 Å². The highest BCUT2D eigenvalue weighted by molar-refractivity contribution is 7.80. The fourth-order valence-corrected chi connectivity index (χ4v) is 3.08. The highest BCUT2D eigenvalue weighted by atomic mass is 32.1. The van der Waals surface area contributed by atoms with E-state index in [1.807, 2.05) is 0 Å². The first-order valence-electron chi connectivity index (χ1n) is 9.39. The van der Waals surface area contributed by atoms with Gasteiger partial charge in [0.15, 0.2) is 5.11 Å². The summed E-state index contributed by atoms with van der Waals surface area (Å²) in [5, 5.41) is 4.75. The van der Waals surface area contributed by atoms with Crippen LogP contribution in [0.5, 0.6) is 0 Å². The average Bonchev–Trinajstić information content (AvgIpc) is 2.70. The molecule has 0 radical (unpaired) electrons. The maximum absolute atomic E-state index is 13.1. The SMILES string of the molecule is CC(C)[C@H](NC(=S)Nc1cc(C(F)(F)F)cc(C(F)(F)F)c1)C(=O)N(C)c1ccccc1. The Kier molecular flexibility index (Phi) is 7.76. The first-order chi connectivity index (χ1) is 14.7. The molecule has 2 N–H and O–H groups in total. The van der Waals surface area contributed by atoms with Crippen molar-refractivity contribution in [3.8, 4) is 0 Å². The van der Waals surface area contributed by atoms with E-state index in [9.17, 15) is 31.1 Å². The number of thiocarbonyl (C=S) groups is 1. The van der Waals surface area contributed by atoms with Crippen LogP contribution in [-0.2, 0) is 17.1 Å². The lowest BCUT2D eigenvalue weighted by Gasteiger charge is -2.28. The molecule has 11 heteroatoms. The van der Waals surface area contributed by atoms with Crippen LogP contribution >= 0.6 is 12.2 Å². The Balaban J connectivity index is 2.24. The van der Waals surface area contributed by atoms with Gasteiger partial charge in [0.2, 0.25) is 5.91 Å². The molecule has 32 heavy (non-hydrogen) atoms. The molecule has 0 bridgehead atoms. The van der Waals surface area contributed by atoms with Gasteiger partial charge in [-0.05, 0) is 48.5 Å². The van der Waals surface area contributed by atoms with Crippen LogP contribution in [0.25, 0.3) is 0 Å². The Morgan fingerprint density at radius 1 is 0.938 bits per heavy atom. The van der Waals surface area contributed by atoms with Crippen molar-refractivity contribution in [3.05, 3.63) is 59.7 Å². The minimum Gasteiger partial charge on any atom is -0.350 e. The van der Waals surface area contributed by atoms with Crippen LogP contribution in [-0.4, -0.2) is 24.1 Å². The molecular weight excluding hydrogens is 456 g/mol. The average molecular weight is 477 g/mol. The summed E-state index contributed by atoms with van der Waals surface area (Å²) in [4.78, 5) is 14.3. The van der Waals surface area contributed by atoms with Crippen LogP contribution in [0.2, 0.25) is 0 Å². The molecule has 0 aromatic heterocycles. The highest BCUT2D eigenvalue weighted by Crippen LogP contribution is 2.37. The fraction of sp³-hybridized carbons (Fsp3) is 0.333. The summed E-state index contributed by atoms with van der Waals surface area (Å²) in [6, 6.07) is 8.88. The van der Waals surface area contributed by atoms with E-state index in [0.29, 0.717) is 17.8 Å². The number of rotatable bonds is 5. The number of carbonyl (C=O) groups is 1. The van der Waals surface area contributed by atoms with Gasteiger partial charge in [-0.2, -0.15) is 26.3 Å². The lowest BCUT2D eigenvalue weighted by atomic mass is 10.0. The van der Waals surface area contributed by atoms with Crippen molar-refractivity contribution in [3.63, 3.8) is 0 Å². The molecule has 1 amide bonds. The van der Waals surface area contributed by atoms with E-state index in [1.54, 1.807) is 51.2 Å². The number of nitrogens with one attached hydrogen (secondary N) is 2. The Hall–Kier alpha value is -2.82. The zero-order valence-electron chi connectivity index (χ0n) is 17.3. The smallest absolute Gasteiger partial charge is 0.350 e. The van der Waals surface area contributed by atoms with E-state index >= 15 is 0 Å². The number of benzene rings is 2. The summed E-state index contributed by atoms with van der Waals surface area (Å²) in [5.74, 6) is -0.670. The summed E-state index contributed by atoms with van der Waals surface area (Å²) in [7, 11) is 1.55. The van der Waals surface area contributed by atoms with Crippen LogP contribution in [0.1, 0.15) is 25.0 Å². The van der Waals surface area contributed by atoms with Gasteiger partial charge in [-0.1, -0.05) is 32.0 Å². The van der Waals surface area contributed by atoms with Gasteiger partial charge in [0.1, 0.15) is 6.04 Å². The van der Waals surface area contributed by atoms with Gasteiger partial charge >= 0.3 is 12.4 Å². The standard InChI is InChI=1S/C21H21F6N3OS/c1-12(2)17(18(31)30(3)16-7-5-4-6-8-16)29-19(32)28-15-10-13(20(22,23)24)9-14(11-15)21(25,26)27/h4-12,17H,1-3H3,(H2,28,29,32)/t17-/m0/s1. The molecule has 0 spiro atoms. The third-order valence-corrected chi connectivity index (χ3v) is 4.76. The zero-order chi connectivity index (χ0) is 24.3. The monoisotopic (exact) mass is 477 g/mol. The molecule has 4 nitrogen and oxygen atoms in total. The lowest BCUT2D eigenvalue weighted by Crippen LogP contribution is -2.51. The van der Waals surface area contributed by atoms with E-state index < -0.39 is 35.2 Å². The second-order valence-corrected chi connectivity index (χ2v) is 7.76. The summed E-state index contributed by atoms with van der Waals surface area (Å²) in [5.41, 5.74) is -2.84. The number of para-hydroxylation sites is 1. The molecule has 0 aliphatic rings. The first kappa shape index (κ1) is 25.4. The van der Waals surface area contributed by atoms with Crippen LogP contribution in [0.4, 0.5) is 37.7 Å². The van der Waals surface area contributed by atoms with Crippen molar-refractivity contribution in [2.45, 2.75) is 32.2 Å². The topological polar surface area (TPSA) is 44.4 Å². The second kappa shape index (κ2) is 9.76. The number of carbonyl (C=O) groups excluding carboxylic acids is 1. The molecule has 2 rings (SSSR count). The lowest BCUT2D eigenvalue weighted by molar-refractivity contribution is -0.143. The van der Waals surface area contributed by atoms with Crippen molar-refractivity contribution >= 4 is 34.6 Å². The Labute approximate surface area is 186 Å². The van der Waals surface area contributed by atoms with Gasteiger partial charge in [-0.25, -0.2) is 0 Å². The normalized spacial score (nSPS) is 12.9. The molecule has 1 atom stereocenters. The molecular formula is C21H21F6N3OS. The van der Waals surface area contributed by atoms with Gasteiger partial charge in [0.05, 0.1) is 11.1 Å². The molecule has 0 aliphatic carbocycles. The molecule has 2 aromatic rings. The predicted molar refractivity (Wildman–Crippen MR) is 114 cm³/mol. The van der Waals surface area contributed by atoms with Crippen molar-refractivity contribution in [2.24, 2.45) is 5.92 Å². The van der Waals surface area contributed by atoms with Crippen molar-refractivity contribution in [2.75, 3.05) is 17.3 Å². The van der Waals surface area contributed by atoms with Gasteiger partial charge in [-0.3, -0.25) is 4.79 Å². The minimum atomic E-state index is -4.98. The highest BCUT2D eigenvalue weighted by Gasteiger charge is 2.37. The van der Waals surface area contributed by atoms with Crippen molar-refractivity contribution in [1.82, 2.24) is 5.32 Å². The summed E-state index contributed by atoms with van der Waals surface area (Å²) in [6.07, 6.45) is -9.97. The van der Waals surface area contributed by atoms with E-state index in [0.717, 1.165) is 0 Å². The largest absolute Gasteiger partial charge is 0.416 e. The maximum atomic E-state index is 13.1. The summed E-state index contributed by atoms with van der Waals surface area (Å²) in [6.45, 7) is 3.45. The van der Waals surface area contributed by atoms with E-state index in [2.05, 4.69) is 10.6 Å². The van der Waals surface area contributed by atoms with Gasteiger partial charge < -0.3 is 15.5 Å². The van der Waals surface area contributed by atoms with Crippen LogP contribution in [0, 0.1) is 5.92 Å². The molecule has 0 heterocycles. The van der Waals surface area contributed by atoms with Gasteiger partial charge in [0.25, 0.3) is 0 Å². The first-order valence-corrected chi connectivity index (χ1v) is 9.80. The van der Waals surface area contributed by atoms with Crippen molar-refractivity contribution < 1.29 is 31.1 Å². The molecule has 0 aliphatic heterocycles. The Bertz CT molecular complexity index is 928. The molecule has 0 unspecified atom stereocenters. The Morgan fingerprint density at radius 2 is 1.44 bits per heavy atom. The number of halogens is 6. The number of hydrogen-bond donors (Lipinski definition) is 2. The Morgan fingerprint density at radius 3 is 1.88 bits per heavy atom. The maximum Gasteiger partial charge on any atom is 0.416 e. The van der Waals surface area contributed by atoms with E-state index in [4.69, 9.17) is 12.2 Å². The third kappa shape index (κ3) is 6.59. The molecule has 0 saturated heterocycles. The predicted octanol–water partition coefficient (Wildman–Crippen LogP) is 5.70. The minimum absolute atomic E-state index is 0.0247. The second-order valence-electron chi connectivity index (χ2n) is 7.35. The van der Waals surface area contributed by atoms with E-state index in [1.165, 1.54) is 4.90 Å². The van der Waals surface area contributed by atoms with Crippen molar-refractivity contribution in [1.29, 1.82) is 0 Å². The molecule has 2 aromatic carbocycles. The van der Waals surface area contributed by atoms with E-state index in [-0.39, 0.29) is 23.0 Å². The molecule has 0 fully saturated rings. The number of hydrogen-bond acceptors (Lipinski definition) is 2. The number of amides is 1. The van der Waals surface area contributed by atoms with Crippen LogP contribution in [0.3, 0.4) is 0 Å². The number of likely N-dealkylation sites (N-methyl/N-ethyl adjacent to an activating group) is 1. The number of anilines is 2.